The smallest absolute Gasteiger partial charge is 0.337 e. The predicted octanol–water partition coefficient (Wildman–Crippen LogP) is 2.51. The zero-order chi connectivity index (χ0) is 17.9. The number of methoxy groups -OCH3 is 2. The molecular formula is C17H24N2O5. The van der Waals surface area contributed by atoms with Gasteiger partial charge in [0.1, 0.15) is 5.75 Å². The predicted molar refractivity (Wildman–Crippen MR) is 89.6 cm³/mol. The van der Waals surface area contributed by atoms with Gasteiger partial charge in [0.25, 0.3) is 0 Å². The minimum Gasteiger partial charge on any atom is -0.495 e. The lowest BCUT2D eigenvalue weighted by Gasteiger charge is -2.41. The van der Waals surface area contributed by atoms with Crippen molar-refractivity contribution in [2.75, 3.05) is 32.6 Å². The van der Waals surface area contributed by atoms with Gasteiger partial charge in [-0.15, -0.1) is 0 Å². The Morgan fingerprint density at radius 2 is 2.04 bits per heavy atom. The Bertz CT molecular complexity index is 629. The Kier molecular flexibility index (Phi) is 5.33. The van der Waals surface area contributed by atoms with E-state index in [1.165, 1.54) is 20.3 Å². The first-order valence-corrected chi connectivity index (χ1v) is 7.76. The van der Waals surface area contributed by atoms with Crippen LogP contribution in [0.4, 0.5) is 10.5 Å². The number of hydrogen-bond donors (Lipinski definition) is 1. The van der Waals surface area contributed by atoms with Crippen LogP contribution < -0.4 is 10.1 Å². The fourth-order valence-corrected chi connectivity index (χ4v) is 2.84. The van der Waals surface area contributed by atoms with Crippen LogP contribution in [-0.2, 0) is 9.47 Å². The zero-order valence-corrected chi connectivity index (χ0v) is 14.7. The maximum absolute atomic E-state index is 12.6. The number of ether oxygens (including phenoxy) is 3. The first-order chi connectivity index (χ1) is 11.3. The number of urea groups is 1. The van der Waals surface area contributed by atoms with Gasteiger partial charge in [-0.2, -0.15) is 0 Å². The highest BCUT2D eigenvalue weighted by molar-refractivity contribution is 5.94. The van der Waals surface area contributed by atoms with Gasteiger partial charge in [-0.05, 0) is 39.0 Å². The van der Waals surface area contributed by atoms with E-state index in [2.05, 4.69) is 10.1 Å². The maximum Gasteiger partial charge on any atom is 0.337 e. The maximum atomic E-state index is 12.6. The van der Waals surface area contributed by atoms with Gasteiger partial charge in [-0.25, -0.2) is 9.59 Å². The summed E-state index contributed by atoms with van der Waals surface area (Å²) in [5, 5.41) is 2.83. The van der Waals surface area contributed by atoms with Gasteiger partial charge >= 0.3 is 12.0 Å². The largest absolute Gasteiger partial charge is 0.495 e. The molecule has 0 aliphatic carbocycles. The normalized spacial score (nSPS) is 19.5. The number of rotatable bonds is 3. The third kappa shape index (κ3) is 4.17. The van der Waals surface area contributed by atoms with E-state index in [-0.39, 0.29) is 12.1 Å². The summed E-state index contributed by atoms with van der Waals surface area (Å²) in [6.07, 6.45) is -0.0388. The van der Waals surface area contributed by atoms with Crippen LogP contribution in [0.2, 0.25) is 0 Å². The molecule has 1 fully saturated rings. The Balaban J connectivity index is 2.15. The summed E-state index contributed by atoms with van der Waals surface area (Å²) in [5.74, 6) is -0.0678. The van der Waals surface area contributed by atoms with Crippen molar-refractivity contribution in [1.29, 1.82) is 0 Å². The van der Waals surface area contributed by atoms with E-state index in [4.69, 9.17) is 9.47 Å². The third-order valence-electron chi connectivity index (χ3n) is 3.72. The van der Waals surface area contributed by atoms with Crippen LogP contribution in [0.5, 0.6) is 5.75 Å². The minimum absolute atomic E-state index is 0.0388. The molecule has 1 saturated heterocycles. The monoisotopic (exact) mass is 336 g/mol. The lowest BCUT2D eigenvalue weighted by atomic mass is 10.1. The Hall–Kier alpha value is -2.28. The van der Waals surface area contributed by atoms with Crippen LogP contribution in [-0.4, -0.2) is 55.9 Å². The van der Waals surface area contributed by atoms with Crippen LogP contribution in [0, 0.1) is 0 Å². The SMILES string of the molecule is COC(=O)c1ccc(NC(=O)N2C[C@H](C)OC(C)(C)C2)c(OC)c1. The summed E-state index contributed by atoms with van der Waals surface area (Å²) in [4.78, 5) is 25.8. The fourth-order valence-electron chi connectivity index (χ4n) is 2.84. The van der Waals surface area contributed by atoms with E-state index < -0.39 is 11.6 Å². The van der Waals surface area contributed by atoms with E-state index in [1.54, 1.807) is 17.0 Å². The van der Waals surface area contributed by atoms with Gasteiger partial charge in [0.2, 0.25) is 0 Å². The summed E-state index contributed by atoms with van der Waals surface area (Å²) < 4.78 is 15.8. The number of morpholine rings is 1. The summed E-state index contributed by atoms with van der Waals surface area (Å²) in [7, 11) is 2.79. The number of nitrogens with zero attached hydrogens (tertiary/aromatic N) is 1. The van der Waals surface area contributed by atoms with Crippen molar-refractivity contribution in [2.24, 2.45) is 0 Å². The second-order valence-corrected chi connectivity index (χ2v) is 6.41. The average molecular weight is 336 g/mol. The van der Waals surface area contributed by atoms with Gasteiger partial charge in [0.15, 0.2) is 0 Å². The molecule has 1 aliphatic heterocycles. The molecule has 132 valence electrons. The van der Waals surface area contributed by atoms with Crippen LogP contribution in [0.25, 0.3) is 0 Å². The molecule has 0 unspecified atom stereocenters. The number of carbonyl (C=O) groups is 2. The molecule has 7 nitrogen and oxygen atoms in total. The van der Waals surface area contributed by atoms with E-state index in [1.807, 2.05) is 20.8 Å². The second-order valence-electron chi connectivity index (χ2n) is 6.41. The highest BCUT2D eigenvalue weighted by atomic mass is 16.5. The van der Waals surface area contributed by atoms with E-state index in [0.29, 0.717) is 30.1 Å². The highest BCUT2D eigenvalue weighted by Crippen LogP contribution is 2.27. The summed E-state index contributed by atoms with van der Waals surface area (Å²) in [5.41, 5.74) is 0.453. The summed E-state index contributed by atoms with van der Waals surface area (Å²) in [6, 6.07) is 4.50. The number of esters is 1. The molecule has 2 rings (SSSR count). The molecule has 0 bridgehead atoms. The van der Waals surface area contributed by atoms with Crippen LogP contribution in [0.15, 0.2) is 18.2 Å². The van der Waals surface area contributed by atoms with Crippen molar-refractivity contribution in [2.45, 2.75) is 32.5 Å². The Morgan fingerprint density at radius 3 is 2.62 bits per heavy atom. The molecule has 1 N–H and O–H groups in total. The van der Waals surface area contributed by atoms with Gasteiger partial charge in [-0.1, -0.05) is 0 Å². The second kappa shape index (κ2) is 7.09. The van der Waals surface area contributed by atoms with E-state index in [0.717, 1.165) is 0 Å². The molecule has 1 atom stereocenters. The molecular weight excluding hydrogens is 312 g/mol. The molecule has 1 heterocycles. The number of anilines is 1. The van der Waals surface area contributed by atoms with Gasteiger partial charge in [0, 0.05) is 6.54 Å². The molecule has 1 aromatic rings. The fraction of sp³-hybridized carbons (Fsp3) is 0.529. The molecule has 0 radical (unpaired) electrons. The Labute approximate surface area is 141 Å². The number of carbonyl (C=O) groups excluding carboxylic acids is 2. The van der Waals surface area contributed by atoms with Gasteiger partial charge in [-0.3, -0.25) is 0 Å². The third-order valence-corrected chi connectivity index (χ3v) is 3.72. The molecule has 2 amide bonds. The lowest BCUT2D eigenvalue weighted by Crippen LogP contribution is -2.54. The molecule has 0 saturated carbocycles. The Morgan fingerprint density at radius 1 is 1.33 bits per heavy atom. The van der Waals surface area contributed by atoms with Gasteiger partial charge < -0.3 is 24.4 Å². The first-order valence-electron chi connectivity index (χ1n) is 7.76. The molecule has 24 heavy (non-hydrogen) atoms. The van der Waals surface area contributed by atoms with E-state index >= 15 is 0 Å². The standard InChI is InChI=1S/C17H24N2O5/c1-11-9-19(10-17(2,3)24-11)16(21)18-13-7-6-12(15(20)23-5)8-14(13)22-4/h6-8,11H,9-10H2,1-5H3,(H,18,21)/t11-/m0/s1. The summed E-state index contributed by atoms with van der Waals surface area (Å²) >= 11 is 0. The van der Waals surface area contributed by atoms with E-state index in [9.17, 15) is 9.59 Å². The highest BCUT2D eigenvalue weighted by Gasteiger charge is 2.33. The zero-order valence-electron chi connectivity index (χ0n) is 14.7. The van der Waals surface area contributed by atoms with Crippen molar-refractivity contribution in [1.82, 2.24) is 4.90 Å². The number of hydrogen-bond acceptors (Lipinski definition) is 5. The molecule has 1 aromatic carbocycles. The van der Waals surface area contributed by atoms with Gasteiger partial charge in [0.05, 0.1) is 43.7 Å². The molecule has 1 aliphatic rings. The van der Waals surface area contributed by atoms with Crippen molar-refractivity contribution < 1.29 is 23.8 Å². The van der Waals surface area contributed by atoms with Crippen molar-refractivity contribution in [3.05, 3.63) is 23.8 Å². The van der Waals surface area contributed by atoms with Crippen LogP contribution in [0.3, 0.4) is 0 Å². The first kappa shape index (κ1) is 18.1. The van der Waals surface area contributed by atoms with Crippen molar-refractivity contribution in [3.63, 3.8) is 0 Å². The minimum atomic E-state index is -0.463. The van der Waals surface area contributed by atoms with Crippen molar-refractivity contribution in [3.8, 4) is 5.75 Å². The van der Waals surface area contributed by atoms with Crippen LogP contribution in [0.1, 0.15) is 31.1 Å². The lowest BCUT2D eigenvalue weighted by molar-refractivity contribution is -0.116. The number of nitrogens with one attached hydrogen (secondary N) is 1. The topological polar surface area (TPSA) is 77.1 Å². The van der Waals surface area contributed by atoms with Crippen molar-refractivity contribution >= 4 is 17.7 Å². The van der Waals surface area contributed by atoms with Crippen LogP contribution >= 0.6 is 0 Å². The summed E-state index contributed by atoms with van der Waals surface area (Å²) in [6.45, 7) is 6.85. The quantitative estimate of drug-likeness (QED) is 0.858. The average Bonchev–Trinajstić information content (AvgIpc) is 2.52. The molecule has 0 spiro atoms. The molecule has 7 heteroatoms. The molecule has 0 aromatic heterocycles. The number of amides is 2. The number of benzene rings is 1.